The van der Waals surface area contributed by atoms with Gasteiger partial charge in [0.05, 0.1) is 11.1 Å². The number of benzene rings is 3. The zero-order valence-corrected chi connectivity index (χ0v) is 15.5. The van der Waals surface area contributed by atoms with Gasteiger partial charge in [0.25, 0.3) is 0 Å². The Labute approximate surface area is 162 Å². The first-order valence-corrected chi connectivity index (χ1v) is 9.10. The largest absolute Gasteiger partial charge is 0.478 e. The van der Waals surface area contributed by atoms with E-state index < -0.39 is 11.9 Å². The van der Waals surface area contributed by atoms with Gasteiger partial charge < -0.3 is 21.3 Å². The van der Waals surface area contributed by atoms with Crippen molar-refractivity contribution in [2.75, 3.05) is 17.6 Å². The third-order valence-electron chi connectivity index (χ3n) is 4.70. The number of nitrogen functional groups attached to an aromatic ring is 1. The highest BCUT2D eigenvalue weighted by atomic mass is 16.4. The van der Waals surface area contributed by atoms with Crippen molar-refractivity contribution < 1.29 is 19.8 Å². The molecule has 0 heterocycles. The average molecular weight is 378 g/mol. The number of anilines is 2. The number of hydrogen-bond donors (Lipinski definition) is 4. The predicted molar refractivity (Wildman–Crippen MR) is 111 cm³/mol. The van der Waals surface area contributed by atoms with E-state index in [1.807, 2.05) is 0 Å². The molecule has 6 nitrogen and oxygen atoms in total. The van der Waals surface area contributed by atoms with Crippen LogP contribution in [0.25, 0.3) is 21.9 Å². The van der Waals surface area contributed by atoms with Crippen LogP contribution in [0.15, 0.2) is 48.5 Å². The molecule has 0 atom stereocenters. The number of para-hydroxylation sites is 1. The van der Waals surface area contributed by atoms with Crippen molar-refractivity contribution >= 4 is 34.1 Å². The van der Waals surface area contributed by atoms with Crippen LogP contribution in [-0.4, -0.2) is 28.7 Å². The predicted octanol–water partition coefficient (Wildman–Crippen LogP) is 4.70. The van der Waals surface area contributed by atoms with Crippen LogP contribution in [-0.2, 0) is 0 Å². The van der Waals surface area contributed by atoms with Crippen molar-refractivity contribution in [3.8, 4) is 11.1 Å². The number of nitrogens with two attached hydrogens (primary N) is 1. The molecule has 0 aliphatic rings. The van der Waals surface area contributed by atoms with Gasteiger partial charge >= 0.3 is 11.9 Å². The smallest absolute Gasteiger partial charge is 0.336 e. The van der Waals surface area contributed by atoms with Crippen LogP contribution in [0, 0.1) is 0 Å². The van der Waals surface area contributed by atoms with Crippen LogP contribution in [0.1, 0.15) is 40.5 Å². The SMILES string of the molecule is CCCCNc1cc(-c2ccccc2N)c(C(=O)O)c2c(C(=O)O)cccc12. The first-order chi connectivity index (χ1) is 13.5. The number of carbonyl (C=O) groups is 2. The Morgan fingerprint density at radius 1 is 1.00 bits per heavy atom. The molecule has 0 aliphatic heterocycles. The number of carboxylic acids is 2. The second-order valence-electron chi connectivity index (χ2n) is 6.55. The molecule has 0 aliphatic carbocycles. The lowest BCUT2D eigenvalue weighted by Gasteiger charge is -2.18. The van der Waals surface area contributed by atoms with E-state index in [2.05, 4.69) is 12.2 Å². The molecule has 0 saturated heterocycles. The fraction of sp³-hybridized carbons (Fsp3) is 0.182. The summed E-state index contributed by atoms with van der Waals surface area (Å²) in [4.78, 5) is 24.1. The fourth-order valence-electron chi connectivity index (χ4n) is 3.38. The molecule has 3 aromatic rings. The van der Waals surface area contributed by atoms with Gasteiger partial charge in [-0.15, -0.1) is 0 Å². The number of hydrogen-bond acceptors (Lipinski definition) is 4. The van der Waals surface area contributed by atoms with E-state index in [9.17, 15) is 19.8 Å². The van der Waals surface area contributed by atoms with Crippen molar-refractivity contribution in [2.45, 2.75) is 19.8 Å². The van der Waals surface area contributed by atoms with Gasteiger partial charge in [-0.1, -0.05) is 43.7 Å². The van der Waals surface area contributed by atoms with E-state index in [4.69, 9.17) is 5.73 Å². The van der Waals surface area contributed by atoms with Gasteiger partial charge in [0.15, 0.2) is 0 Å². The van der Waals surface area contributed by atoms with Gasteiger partial charge in [-0.05, 0) is 24.6 Å². The summed E-state index contributed by atoms with van der Waals surface area (Å²) >= 11 is 0. The van der Waals surface area contributed by atoms with Crippen molar-refractivity contribution in [3.63, 3.8) is 0 Å². The molecule has 0 fully saturated rings. The number of aromatic carboxylic acids is 2. The van der Waals surface area contributed by atoms with Crippen LogP contribution >= 0.6 is 0 Å². The Hall–Kier alpha value is -3.54. The van der Waals surface area contributed by atoms with Gasteiger partial charge in [0.1, 0.15) is 0 Å². The second kappa shape index (κ2) is 8.00. The molecule has 0 radical (unpaired) electrons. The summed E-state index contributed by atoms with van der Waals surface area (Å²) in [6.07, 6.45) is 1.93. The number of unbranched alkanes of at least 4 members (excludes halogenated alkanes) is 1. The minimum absolute atomic E-state index is 0.0511. The Morgan fingerprint density at radius 3 is 2.39 bits per heavy atom. The molecule has 6 heteroatoms. The highest BCUT2D eigenvalue weighted by molar-refractivity contribution is 6.19. The monoisotopic (exact) mass is 378 g/mol. The Morgan fingerprint density at radius 2 is 1.75 bits per heavy atom. The van der Waals surface area contributed by atoms with Crippen molar-refractivity contribution in [3.05, 3.63) is 59.7 Å². The third kappa shape index (κ3) is 3.49. The highest BCUT2D eigenvalue weighted by Crippen LogP contribution is 2.39. The van der Waals surface area contributed by atoms with Gasteiger partial charge in [0.2, 0.25) is 0 Å². The number of fused-ring (bicyclic) bond motifs is 1. The Kier molecular flexibility index (Phi) is 5.49. The molecule has 28 heavy (non-hydrogen) atoms. The molecule has 3 rings (SSSR count). The Bertz CT molecular complexity index is 1060. The van der Waals surface area contributed by atoms with E-state index in [1.54, 1.807) is 42.5 Å². The zero-order chi connectivity index (χ0) is 20.3. The van der Waals surface area contributed by atoms with Gasteiger partial charge in [-0.2, -0.15) is 0 Å². The normalized spacial score (nSPS) is 10.8. The van der Waals surface area contributed by atoms with Crippen LogP contribution in [0.3, 0.4) is 0 Å². The summed E-state index contributed by atoms with van der Waals surface area (Å²) < 4.78 is 0. The summed E-state index contributed by atoms with van der Waals surface area (Å²) in [5.41, 5.74) is 8.06. The molecular weight excluding hydrogens is 356 g/mol. The average Bonchev–Trinajstić information content (AvgIpc) is 2.67. The first-order valence-electron chi connectivity index (χ1n) is 9.10. The standard InChI is InChI=1S/C22H22N2O4/c1-2-3-11-24-18-12-16(13-7-4-5-10-17(13)23)20(22(27)28)19-14(18)8-6-9-15(19)21(25)26/h4-10,12,24H,2-3,11,23H2,1H3,(H,25,26)(H,27,28). The Balaban J connectivity index is 2.43. The molecule has 0 bridgehead atoms. The maximum atomic E-state index is 12.2. The van der Waals surface area contributed by atoms with E-state index in [0.717, 1.165) is 12.8 Å². The summed E-state index contributed by atoms with van der Waals surface area (Å²) in [7, 11) is 0. The van der Waals surface area contributed by atoms with Gasteiger partial charge in [-0.3, -0.25) is 0 Å². The fourth-order valence-corrected chi connectivity index (χ4v) is 3.38. The lowest BCUT2D eigenvalue weighted by atomic mass is 9.89. The molecule has 0 saturated carbocycles. The van der Waals surface area contributed by atoms with E-state index in [-0.39, 0.29) is 16.5 Å². The van der Waals surface area contributed by atoms with Crippen molar-refractivity contribution in [1.29, 1.82) is 0 Å². The quantitative estimate of drug-likeness (QED) is 0.350. The van der Waals surface area contributed by atoms with Gasteiger partial charge in [-0.25, -0.2) is 9.59 Å². The van der Waals surface area contributed by atoms with Gasteiger partial charge in [0, 0.05) is 39.8 Å². The highest BCUT2D eigenvalue weighted by Gasteiger charge is 2.24. The number of nitrogens with one attached hydrogen (secondary N) is 1. The topological polar surface area (TPSA) is 113 Å². The van der Waals surface area contributed by atoms with E-state index in [1.165, 1.54) is 6.07 Å². The second-order valence-corrected chi connectivity index (χ2v) is 6.55. The molecule has 0 unspecified atom stereocenters. The number of carboxylic acid groups (broad SMARTS) is 2. The maximum absolute atomic E-state index is 12.2. The molecule has 3 aromatic carbocycles. The van der Waals surface area contributed by atoms with Crippen LogP contribution in [0.4, 0.5) is 11.4 Å². The molecule has 5 N–H and O–H groups in total. The van der Waals surface area contributed by atoms with E-state index in [0.29, 0.717) is 34.4 Å². The van der Waals surface area contributed by atoms with E-state index >= 15 is 0 Å². The van der Waals surface area contributed by atoms with Crippen LogP contribution in [0.5, 0.6) is 0 Å². The first kappa shape index (κ1) is 19.2. The molecule has 0 spiro atoms. The summed E-state index contributed by atoms with van der Waals surface area (Å²) in [5, 5.41) is 23.7. The maximum Gasteiger partial charge on any atom is 0.336 e. The summed E-state index contributed by atoms with van der Waals surface area (Å²) in [6, 6.07) is 13.5. The number of rotatable bonds is 7. The third-order valence-corrected chi connectivity index (χ3v) is 4.70. The van der Waals surface area contributed by atoms with Crippen molar-refractivity contribution in [2.24, 2.45) is 0 Å². The van der Waals surface area contributed by atoms with Crippen molar-refractivity contribution in [1.82, 2.24) is 0 Å². The zero-order valence-electron chi connectivity index (χ0n) is 15.5. The lowest BCUT2D eigenvalue weighted by Crippen LogP contribution is -2.10. The molecule has 0 aromatic heterocycles. The lowest BCUT2D eigenvalue weighted by molar-refractivity contribution is 0.0695. The molecule has 144 valence electrons. The molecular formula is C22H22N2O4. The minimum Gasteiger partial charge on any atom is -0.478 e. The van der Waals surface area contributed by atoms with Crippen LogP contribution in [0.2, 0.25) is 0 Å². The minimum atomic E-state index is -1.20. The molecule has 0 amide bonds. The summed E-state index contributed by atoms with van der Waals surface area (Å²) in [5.74, 6) is -2.37. The van der Waals surface area contributed by atoms with Crippen LogP contribution < -0.4 is 11.1 Å². The summed E-state index contributed by atoms with van der Waals surface area (Å²) in [6.45, 7) is 2.77.